The van der Waals surface area contributed by atoms with Crippen molar-refractivity contribution in [1.29, 1.82) is 0 Å². The molecule has 3 aliphatic rings. The van der Waals surface area contributed by atoms with E-state index in [1.165, 1.54) is 44.3 Å². The Balaban J connectivity index is 0.935. The van der Waals surface area contributed by atoms with Gasteiger partial charge < -0.3 is 13.9 Å². The van der Waals surface area contributed by atoms with Gasteiger partial charge in [0, 0.05) is 47.8 Å². The minimum Gasteiger partial charge on any atom is -0.461 e. The number of nitrogens with zero attached hydrogens (tertiary/aromatic N) is 4. The van der Waals surface area contributed by atoms with Crippen LogP contribution >= 0.6 is 0 Å². The maximum atomic E-state index is 6.73. The summed E-state index contributed by atoms with van der Waals surface area (Å²) in [6, 6.07) is 30.9. The second-order valence-corrected chi connectivity index (χ2v) is 16.6. The molecule has 0 spiro atoms. The Labute approximate surface area is 354 Å². The molecule has 9 rings (SSSR count). The van der Waals surface area contributed by atoms with Crippen LogP contribution in [-0.4, -0.2) is 19.1 Å². The highest BCUT2D eigenvalue weighted by molar-refractivity contribution is 5.99. The SMILES string of the molecule is C=CC1=C(/C=C\Cc2ccc(-c3ccc(-c4nc(/C=C\C)c(C=C)n4C)cc3)c3ccccc23)OC2=CC=C(c3ccc(-c4nc5c(n4C)CCC=C5)cc3)CC2C1(C)C. The lowest BCUT2D eigenvalue weighted by atomic mass is 9.66. The van der Waals surface area contributed by atoms with Crippen LogP contribution in [0.2, 0.25) is 0 Å². The first-order valence-corrected chi connectivity index (χ1v) is 21.1. The van der Waals surface area contributed by atoms with E-state index in [2.05, 4.69) is 165 Å². The zero-order valence-electron chi connectivity index (χ0n) is 35.4. The van der Waals surface area contributed by atoms with Crippen LogP contribution in [0.5, 0.6) is 0 Å². The third-order valence-electron chi connectivity index (χ3n) is 12.8. The fourth-order valence-electron chi connectivity index (χ4n) is 9.48. The van der Waals surface area contributed by atoms with E-state index in [9.17, 15) is 0 Å². The van der Waals surface area contributed by atoms with E-state index in [1.54, 1.807) is 0 Å². The van der Waals surface area contributed by atoms with Gasteiger partial charge in [-0.15, -0.1) is 0 Å². The van der Waals surface area contributed by atoms with Crippen LogP contribution in [0.25, 0.3) is 68.5 Å². The third-order valence-corrected chi connectivity index (χ3v) is 12.8. The lowest BCUT2D eigenvalue weighted by molar-refractivity contribution is 0.152. The summed E-state index contributed by atoms with van der Waals surface area (Å²) in [4.78, 5) is 9.87. The van der Waals surface area contributed by atoms with Crippen LogP contribution in [0.4, 0.5) is 0 Å². The zero-order chi connectivity index (χ0) is 41.5. The van der Waals surface area contributed by atoms with Crippen molar-refractivity contribution in [3.05, 3.63) is 192 Å². The minimum atomic E-state index is -0.173. The van der Waals surface area contributed by atoms with Crippen molar-refractivity contribution in [2.24, 2.45) is 25.4 Å². The van der Waals surface area contributed by atoms with Gasteiger partial charge in [0.1, 0.15) is 23.2 Å². The second kappa shape index (κ2) is 15.8. The lowest BCUT2D eigenvalue weighted by Gasteiger charge is -2.43. The predicted molar refractivity (Wildman–Crippen MR) is 251 cm³/mol. The Kier molecular flexibility index (Phi) is 10.2. The van der Waals surface area contributed by atoms with Gasteiger partial charge in [0.25, 0.3) is 0 Å². The summed E-state index contributed by atoms with van der Waals surface area (Å²) in [6.07, 6.45) is 24.9. The number of hydrogen-bond donors (Lipinski definition) is 0. The van der Waals surface area contributed by atoms with E-state index in [0.717, 1.165) is 82.6 Å². The van der Waals surface area contributed by atoms with Gasteiger partial charge in [-0.1, -0.05) is 142 Å². The number of rotatable bonds is 10. The fourth-order valence-corrected chi connectivity index (χ4v) is 9.48. The van der Waals surface area contributed by atoms with Gasteiger partial charge in [0.15, 0.2) is 0 Å². The first kappa shape index (κ1) is 38.8. The maximum absolute atomic E-state index is 6.73. The summed E-state index contributed by atoms with van der Waals surface area (Å²) in [6.45, 7) is 15.0. The number of hydrogen-bond acceptors (Lipinski definition) is 3. The molecule has 5 heteroatoms. The Morgan fingerprint density at radius 1 is 0.783 bits per heavy atom. The Morgan fingerprint density at radius 3 is 2.18 bits per heavy atom. The molecule has 0 bridgehead atoms. The van der Waals surface area contributed by atoms with Crippen molar-refractivity contribution in [2.75, 3.05) is 0 Å². The van der Waals surface area contributed by atoms with Gasteiger partial charge in [-0.25, -0.2) is 9.97 Å². The molecule has 0 N–H and O–H groups in total. The van der Waals surface area contributed by atoms with E-state index in [0.29, 0.717) is 0 Å². The number of ether oxygens (including phenoxy) is 1. The largest absolute Gasteiger partial charge is 0.461 e. The molecular weight excluding hydrogens is 733 g/mol. The molecule has 6 aromatic rings. The molecule has 0 saturated carbocycles. The minimum absolute atomic E-state index is 0.173. The zero-order valence-corrected chi connectivity index (χ0v) is 35.4. The summed E-state index contributed by atoms with van der Waals surface area (Å²) in [5.74, 6) is 4.03. The summed E-state index contributed by atoms with van der Waals surface area (Å²) >= 11 is 0. The highest BCUT2D eigenvalue weighted by atomic mass is 16.5. The summed E-state index contributed by atoms with van der Waals surface area (Å²) in [7, 11) is 4.18. The van der Waals surface area contributed by atoms with Gasteiger partial charge in [-0.2, -0.15) is 0 Å². The van der Waals surface area contributed by atoms with E-state index < -0.39 is 0 Å². The first-order chi connectivity index (χ1) is 29.2. The smallest absolute Gasteiger partial charge is 0.140 e. The molecule has 2 aliphatic carbocycles. The van der Waals surface area contributed by atoms with E-state index in [1.807, 2.05) is 38.3 Å². The molecule has 298 valence electrons. The summed E-state index contributed by atoms with van der Waals surface area (Å²) in [5.41, 5.74) is 13.7. The molecule has 5 nitrogen and oxygen atoms in total. The number of imidazole rings is 2. The molecule has 60 heavy (non-hydrogen) atoms. The molecule has 0 radical (unpaired) electrons. The standard InChI is InChI=1S/C55H52N4O/c1-8-16-47-49(10-3)58(6)53(56-47)40-29-25-38(26-30-40)43-33-31-37(42-18-11-12-19-44(42)43)17-15-22-51-45(9-2)55(4,5)46-35-41(32-34-52(46)60-51)36-23-27-39(28-24-36)54-57-48-20-13-14-21-50(48)59(54)7/h8-13,15-16,18-20,22-34,46H,2-3,14,17,21,35H2,1,4-7H3/b16-8-,22-15-. The normalized spacial score (nSPS) is 17.1. The van der Waals surface area contributed by atoms with Crippen molar-refractivity contribution in [1.82, 2.24) is 19.1 Å². The summed E-state index contributed by atoms with van der Waals surface area (Å²) < 4.78 is 11.1. The van der Waals surface area contributed by atoms with Crippen LogP contribution in [0, 0.1) is 11.3 Å². The average molecular weight is 785 g/mol. The topological polar surface area (TPSA) is 44.9 Å². The lowest BCUT2D eigenvalue weighted by Crippen LogP contribution is -2.34. The van der Waals surface area contributed by atoms with Crippen molar-refractivity contribution in [3.63, 3.8) is 0 Å². The van der Waals surface area contributed by atoms with Crippen LogP contribution in [0.3, 0.4) is 0 Å². The molecule has 0 amide bonds. The van der Waals surface area contributed by atoms with Crippen LogP contribution in [-0.2, 0) is 31.7 Å². The Hall–Kier alpha value is -6.72. The molecule has 0 fully saturated rings. The van der Waals surface area contributed by atoms with Crippen molar-refractivity contribution >= 4 is 34.6 Å². The number of benzene rings is 4. The van der Waals surface area contributed by atoms with Crippen LogP contribution in [0.15, 0.2) is 158 Å². The van der Waals surface area contributed by atoms with Gasteiger partial charge in [-0.05, 0) is 102 Å². The summed E-state index contributed by atoms with van der Waals surface area (Å²) in [5, 5.41) is 2.48. The molecule has 1 aliphatic heterocycles. The second-order valence-electron chi connectivity index (χ2n) is 16.6. The maximum Gasteiger partial charge on any atom is 0.140 e. The predicted octanol–water partition coefficient (Wildman–Crippen LogP) is 13.5. The molecule has 3 heterocycles. The van der Waals surface area contributed by atoms with Crippen LogP contribution < -0.4 is 0 Å². The highest BCUT2D eigenvalue weighted by Gasteiger charge is 2.42. The van der Waals surface area contributed by atoms with E-state index in [4.69, 9.17) is 14.7 Å². The van der Waals surface area contributed by atoms with Crippen molar-refractivity contribution in [3.8, 4) is 33.9 Å². The van der Waals surface area contributed by atoms with Gasteiger partial charge in [0.2, 0.25) is 0 Å². The molecule has 1 unspecified atom stereocenters. The Bertz CT molecular complexity index is 2860. The van der Waals surface area contributed by atoms with Gasteiger partial charge >= 0.3 is 0 Å². The van der Waals surface area contributed by atoms with E-state index in [-0.39, 0.29) is 11.3 Å². The molecule has 1 atom stereocenters. The number of fused-ring (bicyclic) bond motifs is 3. The van der Waals surface area contributed by atoms with E-state index >= 15 is 0 Å². The van der Waals surface area contributed by atoms with Crippen molar-refractivity contribution in [2.45, 2.75) is 46.5 Å². The first-order valence-electron chi connectivity index (χ1n) is 21.1. The quantitative estimate of drug-likeness (QED) is 0.139. The molecule has 0 saturated heterocycles. The monoisotopic (exact) mass is 784 g/mol. The molecule has 2 aromatic heterocycles. The highest BCUT2D eigenvalue weighted by Crippen LogP contribution is 2.52. The third kappa shape index (κ3) is 6.78. The van der Waals surface area contributed by atoms with Gasteiger partial charge in [0.05, 0.1) is 17.1 Å². The molecule has 4 aromatic carbocycles. The van der Waals surface area contributed by atoms with Crippen LogP contribution in [0.1, 0.15) is 67.5 Å². The number of allylic oxidation sites excluding steroid dienone is 10. The van der Waals surface area contributed by atoms with Crippen molar-refractivity contribution < 1.29 is 4.74 Å². The Morgan fingerprint density at radius 2 is 1.48 bits per heavy atom. The average Bonchev–Trinajstić information content (AvgIpc) is 3.78. The number of aromatic nitrogens is 4. The fraction of sp³-hybridized carbons (Fsp3) is 0.200. The van der Waals surface area contributed by atoms with Gasteiger partial charge in [-0.3, -0.25) is 0 Å². The molecular formula is C55H52N4O.